The molecule has 2 aromatic carbocycles. The van der Waals surface area contributed by atoms with E-state index in [2.05, 4.69) is 15.6 Å². The molecule has 28 heavy (non-hydrogen) atoms. The van der Waals surface area contributed by atoms with Gasteiger partial charge in [0.25, 0.3) is 0 Å². The summed E-state index contributed by atoms with van der Waals surface area (Å²) in [4.78, 5) is 15.8. The van der Waals surface area contributed by atoms with E-state index in [9.17, 15) is 13.2 Å². The number of amides is 2. The molecule has 0 bridgehead atoms. The Balaban J connectivity index is 2.08. The van der Waals surface area contributed by atoms with Crippen molar-refractivity contribution in [1.82, 2.24) is 10.3 Å². The number of nitrogens with two attached hydrogens (primary N) is 1. The lowest BCUT2D eigenvalue weighted by atomic mass is 9.97. The quantitative estimate of drug-likeness (QED) is 0.622. The van der Waals surface area contributed by atoms with Crippen LogP contribution in [0.2, 0.25) is 0 Å². The summed E-state index contributed by atoms with van der Waals surface area (Å²) in [5, 5.41) is 11.2. The molecule has 0 aliphatic carbocycles. The van der Waals surface area contributed by atoms with E-state index in [4.69, 9.17) is 5.14 Å². The van der Waals surface area contributed by atoms with Crippen molar-refractivity contribution in [3.63, 3.8) is 0 Å². The normalized spacial score (nSPS) is 11.4. The predicted molar refractivity (Wildman–Crippen MR) is 106 cm³/mol. The molecular weight excluding hydrogens is 383 g/mol. The fraction of sp³-hybridized carbons (Fsp3) is 0.158. The Kier molecular flexibility index (Phi) is 5.30. The predicted octanol–water partition coefficient (Wildman–Crippen LogP) is 3.14. The third-order valence-corrected chi connectivity index (χ3v) is 5.16. The van der Waals surface area contributed by atoms with Crippen LogP contribution in [0.3, 0.4) is 0 Å². The number of carbonyl (C=O) groups is 1. The fourth-order valence-corrected chi connectivity index (χ4v) is 3.39. The number of aryl methyl sites for hydroxylation is 1. The second-order valence-corrected chi connectivity index (χ2v) is 7.79. The number of sulfonamides is 1. The number of urea groups is 1. The second-order valence-electron chi connectivity index (χ2n) is 6.22. The lowest BCUT2D eigenvalue weighted by Crippen LogP contribution is -2.28. The molecule has 0 aliphatic heterocycles. The molecule has 9 heteroatoms. The fourth-order valence-electron chi connectivity index (χ4n) is 2.88. The summed E-state index contributed by atoms with van der Waals surface area (Å²) in [7, 11) is -3.82. The van der Waals surface area contributed by atoms with Gasteiger partial charge in [-0.2, -0.15) is 0 Å². The van der Waals surface area contributed by atoms with Crippen LogP contribution in [0.25, 0.3) is 21.9 Å². The Morgan fingerprint density at radius 2 is 1.86 bits per heavy atom. The van der Waals surface area contributed by atoms with Crippen molar-refractivity contribution in [1.29, 1.82) is 0 Å². The van der Waals surface area contributed by atoms with Crippen LogP contribution < -0.4 is 15.8 Å². The summed E-state index contributed by atoms with van der Waals surface area (Å²) in [5.41, 5.74) is 1.60. The molecule has 0 atom stereocenters. The van der Waals surface area contributed by atoms with Gasteiger partial charge in [-0.3, -0.25) is 5.32 Å². The summed E-state index contributed by atoms with van der Waals surface area (Å²) in [5.74, 6) is -0.274. The van der Waals surface area contributed by atoms with Crippen LogP contribution in [0.15, 0.2) is 47.5 Å². The van der Waals surface area contributed by atoms with Crippen LogP contribution >= 0.6 is 0 Å². The first kappa shape index (κ1) is 19.7. The number of aromatic nitrogens is 1. The highest BCUT2D eigenvalue weighted by molar-refractivity contribution is 7.89. The number of carbonyl (C=O) groups excluding carboxylic acids is 1. The first-order chi connectivity index (χ1) is 13.2. The number of pyridine rings is 1. The van der Waals surface area contributed by atoms with E-state index >= 15 is 4.39 Å². The van der Waals surface area contributed by atoms with E-state index in [-0.39, 0.29) is 10.7 Å². The maximum atomic E-state index is 15.2. The number of rotatable bonds is 4. The molecule has 2 amide bonds. The van der Waals surface area contributed by atoms with Crippen LogP contribution in [-0.4, -0.2) is 26.0 Å². The number of nitrogens with one attached hydrogen (secondary N) is 2. The monoisotopic (exact) mass is 402 g/mol. The number of fused-ring (bicyclic) bond motifs is 1. The molecule has 0 aliphatic rings. The highest BCUT2D eigenvalue weighted by Crippen LogP contribution is 2.32. The largest absolute Gasteiger partial charge is 0.338 e. The highest BCUT2D eigenvalue weighted by Gasteiger charge is 2.15. The Bertz CT molecular complexity index is 1160. The molecule has 0 saturated heterocycles. The van der Waals surface area contributed by atoms with Gasteiger partial charge in [0.1, 0.15) is 11.6 Å². The molecule has 1 aromatic heterocycles. The highest BCUT2D eigenvalue weighted by atomic mass is 32.2. The van der Waals surface area contributed by atoms with Crippen molar-refractivity contribution < 1.29 is 17.6 Å². The molecule has 4 N–H and O–H groups in total. The number of nitrogens with zero attached hydrogens (tertiary/aromatic N) is 1. The smallest absolute Gasteiger partial charge is 0.320 e. The summed E-state index contributed by atoms with van der Waals surface area (Å²) in [6, 6.07) is 8.37. The molecule has 7 nitrogen and oxygen atoms in total. The zero-order chi connectivity index (χ0) is 20.5. The molecule has 3 rings (SSSR count). The van der Waals surface area contributed by atoms with Gasteiger partial charge in [-0.1, -0.05) is 12.1 Å². The molecule has 3 aromatic rings. The lowest BCUT2D eigenvalue weighted by molar-refractivity contribution is 0.252. The van der Waals surface area contributed by atoms with Gasteiger partial charge < -0.3 is 5.32 Å². The molecule has 1 heterocycles. The van der Waals surface area contributed by atoms with Crippen molar-refractivity contribution in [3.8, 4) is 11.1 Å². The third-order valence-electron chi connectivity index (χ3n) is 4.24. The van der Waals surface area contributed by atoms with Gasteiger partial charge >= 0.3 is 6.03 Å². The van der Waals surface area contributed by atoms with Gasteiger partial charge in [-0.15, -0.1) is 0 Å². The van der Waals surface area contributed by atoms with Gasteiger partial charge in [0, 0.05) is 29.1 Å². The molecule has 0 spiro atoms. The van der Waals surface area contributed by atoms with Gasteiger partial charge in [0.15, 0.2) is 0 Å². The lowest BCUT2D eigenvalue weighted by Gasteiger charge is -2.12. The van der Waals surface area contributed by atoms with Crippen LogP contribution in [0.1, 0.15) is 12.5 Å². The van der Waals surface area contributed by atoms with Crippen LogP contribution in [0, 0.1) is 12.7 Å². The van der Waals surface area contributed by atoms with Crippen LogP contribution in [0.5, 0.6) is 0 Å². The summed E-state index contributed by atoms with van der Waals surface area (Å²) in [6.45, 7) is 4.05. The zero-order valence-corrected chi connectivity index (χ0v) is 16.1. The van der Waals surface area contributed by atoms with Crippen LogP contribution in [0.4, 0.5) is 15.0 Å². The van der Waals surface area contributed by atoms with E-state index in [0.29, 0.717) is 28.4 Å². The van der Waals surface area contributed by atoms with Crippen LogP contribution in [-0.2, 0) is 10.0 Å². The third kappa shape index (κ3) is 3.95. The summed E-state index contributed by atoms with van der Waals surface area (Å²) in [6.07, 6.45) is 1.50. The van der Waals surface area contributed by atoms with Crippen molar-refractivity contribution in [3.05, 3.63) is 54.0 Å². The number of benzene rings is 2. The van der Waals surface area contributed by atoms with Crippen molar-refractivity contribution in [2.24, 2.45) is 5.14 Å². The Labute approximate surface area is 161 Å². The van der Waals surface area contributed by atoms with Crippen molar-refractivity contribution >= 4 is 32.6 Å². The van der Waals surface area contributed by atoms with Gasteiger partial charge in [-0.05, 0) is 49.2 Å². The molecule has 0 fully saturated rings. The maximum Gasteiger partial charge on any atom is 0.320 e. The molecule has 0 unspecified atom stereocenters. The average molecular weight is 402 g/mol. The van der Waals surface area contributed by atoms with Crippen molar-refractivity contribution in [2.75, 3.05) is 11.9 Å². The van der Waals surface area contributed by atoms with Gasteiger partial charge in [-0.25, -0.2) is 27.7 Å². The van der Waals surface area contributed by atoms with E-state index in [0.717, 1.165) is 5.56 Å². The topological polar surface area (TPSA) is 114 Å². The van der Waals surface area contributed by atoms with Gasteiger partial charge in [0.05, 0.1) is 4.90 Å². The maximum absolute atomic E-state index is 15.2. The standard InChI is InChI=1S/C19H19FN4O3S/c1-3-22-19(25)24-17-9-15-16(10-23-17)11(2)8-14(18(15)20)12-4-6-13(7-5-12)28(21,26)27/h4-10H,3H2,1-2H3,(H2,21,26,27)(H2,22,23,24,25). The number of halogens is 1. The number of anilines is 1. The number of primary sulfonamides is 1. The molecular formula is C19H19FN4O3S. The Morgan fingerprint density at radius 1 is 1.18 bits per heavy atom. The first-order valence-corrected chi connectivity index (χ1v) is 10.0. The summed E-state index contributed by atoms with van der Waals surface area (Å²) < 4.78 is 38.0. The minimum absolute atomic E-state index is 0.0493. The minimum atomic E-state index is -3.82. The SMILES string of the molecule is CCNC(=O)Nc1cc2c(F)c(-c3ccc(S(N)(=O)=O)cc3)cc(C)c2cn1. The Hall–Kier alpha value is -3.04. The molecule has 146 valence electrons. The second kappa shape index (κ2) is 7.53. The summed E-state index contributed by atoms with van der Waals surface area (Å²) >= 11 is 0. The number of hydrogen-bond acceptors (Lipinski definition) is 4. The van der Waals surface area contributed by atoms with Crippen molar-refractivity contribution in [2.45, 2.75) is 18.7 Å². The molecule has 0 radical (unpaired) electrons. The number of hydrogen-bond donors (Lipinski definition) is 3. The minimum Gasteiger partial charge on any atom is -0.338 e. The first-order valence-electron chi connectivity index (χ1n) is 8.47. The van der Waals surface area contributed by atoms with E-state index in [1.165, 1.54) is 36.5 Å². The average Bonchev–Trinajstić information content (AvgIpc) is 2.64. The van der Waals surface area contributed by atoms with E-state index in [1.54, 1.807) is 13.0 Å². The Morgan fingerprint density at radius 3 is 2.46 bits per heavy atom. The molecule has 0 saturated carbocycles. The van der Waals surface area contributed by atoms with E-state index < -0.39 is 21.9 Å². The van der Waals surface area contributed by atoms with E-state index in [1.807, 2.05) is 6.92 Å². The zero-order valence-electron chi connectivity index (χ0n) is 15.3. The van der Waals surface area contributed by atoms with Gasteiger partial charge in [0.2, 0.25) is 10.0 Å².